The molecular formula is C18H22N4O5. The van der Waals surface area contributed by atoms with E-state index in [1.807, 2.05) is 0 Å². The first-order chi connectivity index (χ1) is 12.5. The lowest BCUT2D eigenvalue weighted by Gasteiger charge is -2.19. The summed E-state index contributed by atoms with van der Waals surface area (Å²) in [5.74, 6) is -0.453. The molecule has 1 aromatic heterocycles. The molecule has 2 N–H and O–H groups in total. The van der Waals surface area contributed by atoms with Crippen LogP contribution in [0, 0.1) is 10.1 Å². The van der Waals surface area contributed by atoms with Gasteiger partial charge in [-0.15, -0.1) is 0 Å². The molecule has 0 spiro atoms. The highest BCUT2D eigenvalue weighted by Gasteiger charge is 2.18. The number of carbonyl (C=O) groups is 2. The van der Waals surface area contributed by atoms with E-state index in [9.17, 15) is 19.7 Å². The van der Waals surface area contributed by atoms with Crippen molar-refractivity contribution >= 4 is 23.4 Å². The van der Waals surface area contributed by atoms with Gasteiger partial charge < -0.3 is 19.9 Å². The smallest absolute Gasteiger partial charge is 0.407 e. The lowest BCUT2D eigenvalue weighted by atomic mass is 10.2. The van der Waals surface area contributed by atoms with Crippen LogP contribution in [0.3, 0.4) is 0 Å². The highest BCUT2D eigenvalue weighted by Crippen LogP contribution is 2.17. The van der Waals surface area contributed by atoms with Crippen LogP contribution >= 0.6 is 0 Å². The molecule has 0 bridgehead atoms. The first-order valence-corrected chi connectivity index (χ1v) is 8.23. The quantitative estimate of drug-likeness (QED) is 0.616. The molecule has 27 heavy (non-hydrogen) atoms. The van der Waals surface area contributed by atoms with Crippen LogP contribution in [-0.2, 0) is 18.3 Å². The van der Waals surface area contributed by atoms with Crippen LogP contribution in [0.1, 0.15) is 36.8 Å². The topological polar surface area (TPSA) is 115 Å². The number of anilines is 1. The standard InChI is InChI=1S/C18H22N4O5/c1-18(2,3)27-17(24)19-10-12-5-7-13(8-6-12)20-16(23)15-9-14(22(25)26)11-21(15)4/h5-9,11H,10H2,1-4H3,(H,19,24)(H,20,23). The van der Waals surface area contributed by atoms with Gasteiger partial charge in [-0.1, -0.05) is 12.1 Å². The molecule has 2 aromatic rings. The Labute approximate surface area is 156 Å². The van der Waals surface area contributed by atoms with Crippen molar-refractivity contribution in [3.63, 3.8) is 0 Å². The molecule has 0 unspecified atom stereocenters. The zero-order chi connectivity index (χ0) is 20.2. The van der Waals surface area contributed by atoms with Crippen LogP contribution in [0.5, 0.6) is 0 Å². The van der Waals surface area contributed by atoms with Crippen LogP contribution in [0.4, 0.5) is 16.2 Å². The van der Waals surface area contributed by atoms with Gasteiger partial charge in [0.15, 0.2) is 0 Å². The summed E-state index contributed by atoms with van der Waals surface area (Å²) >= 11 is 0. The fraction of sp³-hybridized carbons (Fsp3) is 0.333. The number of nitrogens with zero attached hydrogens (tertiary/aromatic N) is 2. The van der Waals surface area contributed by atoms with E-state index < -0.39 is 22.5 Å². The number of nitrogens with one attached hydrogen (secondary N) is 2. The zero-order valence-electron chi connectivity index (χ0n) is 15.6. The minimum Gasteiger partial charge on any atom is -0.444 e. The molecule has 0 fully saturated rings. The third kappa shape index (κ3) is 5.84. The van der Waals surface area contributed by atoms with E-state index in [2.05, 4.69) is 10.6 Å². The molecule has 0 saturated carbocycles. The third-order valence-corrected chi connectivity index (χ3v) is 3.48. The lowest BCUT2D eigenvalue weighted by Crippen LogP contribution is -2.32. The molecule has 9 heteroatoms. The summed E-state index contributed by atoms with van der Waals surface area (Å²) in [7, 11) is 1.56. The van der Waals surface area contributed by atoms with Gasteiger partial charge in [0.25, 0.3) is 11.6 Å². The van der Waals surface area contributed by atoms with Gasteiger partial charge in [0.2, 0.25) is 0 Å². The van der Waals surface area contributed by atoms with E-state index in [1.54, 1.807) is 52.1 Å². The number of rotatable bonds is 5. The van der Waals surface area contributed by atoms with Crippen molar-refractivity contribution in [1.82, 2.24) is 9.88 Å². The van der Waals surface area contributed by atoms with Gasteiger partial charge in [0.05, 0.1) is 11.1 Å². The molecule has 0 saturated heterocycles. The Bertz CT molecular complexity index is 850. The van der Waals surface area contributed by atoms with Crippen molar-refractivity contribution < 1.29 is 19.2 Å². The maximum atomic E-state index is 12.3. The maximum absolute atomic E-state index is 12.3. The van der Waals surface area contributed by atoms with E-state index in [0.29, 0.717) is 5.69 Å². The summed E-state index contributed by atoms with van der Waals surface area (Å²) in [5, 5.41) is 16.1. The number of carbonyl (C=O) groups excluding carboxylic acids is 2. The van der Waals surface area contributed by atoms with Gasteiger partial charge in [-0.2, -0.15) is 0 Å². The second-order valence-corrected chi connectivity index (χ2v) is 6.96. The van der Waals surface area contributed by atoms with E-state index in [-0.39, 0.29) is 17.9 Å². The van der Waals surface area contributed by atoms with E-state index in [1.165, 1.54) is 16.8 Å². The number of alkyl carbamates (subject to hydrolysis) is 1. The van der Waals surface area contributed by atoms with E-state index >= 15 is 0 Å². The molecule has 0 aliphatic carbocycles. The second-order valence-electron chi connectivity index (χ2n) is 6.96. The second kappa shape index (κ2) is 7.90. The number of benzene rings is 1. The van der Waals surface area contributed by atoms with Gasteiger partial charge in [-0.3, -0.25) is 14.9 Å². The van der Waals surface area contributed by atoms with Crippen molar-refractivity contribution in [3.05, 3.63) is 57.9 Å². The highest BCUT2D eigenvalue weighted by atomic mass is 16.6. The molecule has 0 aliphatic heterocycles. The van der Waals surface area contributed by atoms with Gasteiger partial charge in [0.1, 0.15) is 11.3 Å². The van der Waals surface area contributed by atoms with Crippen LogP contribution in [0.25, 0.3) is 0 Å². The molecule has 0 radical (unpaired) electrons. The van der Waals surface area contributed by atoms with Gasteiger partial charge in [-0.25, -0.2) is 4.79 Å². The van der Waals surface area contributed by atoms with Crippen LogP contribution in [0.2, 0.25) is 0 Å². The number of hydrogen-bond donors (Lipinski definition) is 2. The fourth-order valence-corrected chi connectivity index (χ4v) is 2.26. The van der Waals surface area contributed by atoms with Crippen LogP contribution < -0.4 is 10.6 Å². The summed E-state index contributed by atoms with van der Waals surface area (Å²) in [5.41, 5.74) is 0.825. The molecule has 0 aliphatic rings. The predicted molar refractivity (Wildman–Crippen MR) is 99.5 cm³/mol. The molecule has 1 heterocycles. The molecule has 2 rings (SSSR count). The number of amides is 2. The molecule has 2 amide bonds. The number of aromatic nitrogens is 1. The molecule has 9 nitrogen and oxygen atoms in total. The first-order valence-electron chi connectivity index (χ1n) is 8.23. The maximum Gasteiger partial charge on any atom is 0.407 e. The molecule has 1 aromatic carbocycles. The Kier molecular flexibility index (Phi) is 5.84. The summed E-state index contributed by atoms with van der Waals surface area (Å²) in [6.07, 6.45) is 0.769. The van der Waals surface area contributed by atoms with Crippen molar-refractivity contribution in [2.45, 2.75) is 32.9 Å². The van der Waals surface area contributed by atoms with Gasteiger partial charge in [-0.05, 0) is 38.5 Å². The molecule has 144 valence electrons. The van der Waals surface area contributed by atoms with E-state index in [4.69, 9.17) is 4.74 Å². The average molecular weight is 374 g/mol. The van der Waals surface area contributed by atoms with Crippen molar-refractivity contribution in [1.29, 1.82) is 0 Å². The van der Waals surface area contributed by atoms with Crippen LogP contribution in [-0.4, -0.2) is 27.1 Å². The SMILES string of the molecule is Cn1cc([N+](=O)[O-])cc1C(=O)Nc1ccc(CNC(=O)OC(C)(C)C)cc1. The number of nitro groups is 1. The number of hydrogen-bond acceptors (Lipinski definition) is 5. The Hall–Kier alpha value is -3.36. The first kappa shape index (κ1) is 20.0. The number of ether oxygens (including phenoxy) is 1. The normalized spacial score (nSPS) is 11.0. The van der Waals surface area contributed by atoms with Gasteiger partial charge >= 0.3 is 6.09 Å². The Morgan fingerprint density at radius 2 is 1.85 bits per heavy atom. The molecular weight excluding hydrogens is 352 g/mol. The zero-order valence-corrected chi connectivity index (χ0v) is 15.6. The third-order valence-electron chi connectivity index (χ3n) is 3.48. The summed E-state index contributed by atoms with van der Waals surface area (Å²) in [4.78, 5) is 34.2. The van der Waals surface area contributed by atoms with Crippen LogP contribution in [0.15, 0.2) is 36.5 Å². The summed E-state index contributed by atoms with van der Waals surface area (Å²) in [6, 6.07) is 8.08. The summed E-state index contributed by atoms with van der Waals surface area (Å²) in [6.45, 7) is 5.63. The van der Waals surface area contributed by atoms with E-state index in [0.717, 1.165) is 5.56 Å². The molecule has 0 atom stereocenters. The summed E-state index contributed by atoms with van der Waals surface area (Å²) < 4.78 is 6.55. The largest absolute Gasteiger partial charge is 0.444 e. The van der Waals surface area contributed by atoms with Crippen molar-refractivity contribution in [2.75, 3.05) is 5.32 Å². The predicted octanol–water partition coefficient (Wildman–Crippen LogP) is 3.21. The van der Waals surface area contributed by atoms with Crippen molar-refractivity contribution in [3.8, 4) is 0 Å². The Morgan fingerprint density at radius 3 is 2.37 bits per heavy atom. The Balaban J connectivity index is 1.94. The average Bonchev–Trinajstić information content (AvgIpc) is 2.95. The minimum atomic E-state index is -0.565. The Morgan fingerprint density at radius 1 is 1.22 bits per heavy atom. The van der Waals surface area contributed by atoms with Crippen molar-refractivity contribution in [2.24, 2.45) is 7.05 Å². The highest BCUT2D eigenvalue weighted by molar-refractivity contribution is 6.03. The van der Waals surface area contributed by atoms with Gasteiger partial charge in [0, 0.05) is 25.3 Å². The monoisotopic (exact) mass is 374 g/mol. The number of aryl methyl sites for hydroxylation is 1. The fourth-order valence-electron chi connectivity index (χ4n) is 2.26. The lowest BCUT2D eigenvalue weighted by molar-refractivity contribution is -0.384. The minimum absolute atomic E-state index is 0.147.